The molecule has 2 N–H and O–H groups in total. The predicted molar refractivity (Wildman–Crippen MR) is 129 cm³/mol. The number of rotatable bonds is 10. The number of aromatic nitrogens is 1. The van der Waals surface area contributed by atoms with Crippen LogP contribution in [0.15, 0.2) is 59.2 Å². The molecule has 1 aromatic heterocycles. The van der Waals surface area contributed by atoms with Crippen molar-refractivity contribution >= 4 is 11.9 Å². The molecule has 3 heterocycles. The topological polar surface area (TPSA) is 102 Å². The molecule has 0 saturated carbocycles. The number of hydrogen-bond donors (Lipinski definition) is 2. The van der Waals surface area contributed by atoms with E-state index in [9.17, 15) is 14.0 Å². The summed E-state index contributed by atoms with van der Waals surface area (Å²) < 4.78 is 25.1. The smallest absolute Gasteiger partial charge is 0.303 e. The average Bonchev–Trinajstić information content (AvgIpc) is 3.61. The molecule has 0 spiro atoms. The van der Waals surface area contributed by atoms with Gasteiger partial charge in [0.1, 0.15) is 12.1 Å². The Bertz CT molecular complexity index is 1220. The number of benzene rings is 2. The van der Waals surface area contributed by atoms with Crippen LogP contribution in [0.2, 0.25) is 0 Å². The fraction of sp³-hybridized carbons (Fsp3) is 0.393. The number of oxazole rings is 1. The quantitative estimate of drug-likeness (QED) is 0.437. The molecule has 2 saturated heterocycles. The van der Waals surface area contributed by atoms with Gasteiger partial charge in [0, 0.05) is 18.9 Å². The Hall–Kier alpha value is -3.52. The summed E-state index contributed by atoms with van der Waals surface area (Å²) in [6.45, 7) is 0.402. The van der Waals surface area contributed by atoms with Crippen molar-refractivity contribution in [2.24, 2.45) is 5.92 Å². The van der Waals surface area contributed by atoms with Gasteiger partial charge in [0.15, 0.2) is 5.69 Å². The minimum Gasteiger partial charge on any atom is -0.481 e. The van der Waals surface area contributed by atoms with E-state index in [-0.39, 0.29) is 47.9 Å². The van der Waals surface area contributed by atoms with Crippen LogP contribution in [0, 0.1) is 11.7 Å². The van der Waals surface area contributed by atoms with E-state index in [0.29, 0.717) is 25.3 Å². The minimum absolute atomic E-state index is 0.000723. The number of fused-ring (bicyclic) bond motifs is 2. The van der Waals surface area contributed by atoms with Crippen molar-refractivity contribution in [1.29, 1.82) is 0 Å². The van der Waals surface area contributed by atoms with Crippen molar-refractivity contribution < 1.29 is 28.2 Å². The zero-order chi connectivity index (χ0) is 25.1. The first kappa shape index (κ1) is 24.2. The summed E-state index contributed by atoms with van der Waals surface area (Å²) in [5, 5.41) is 12.0. The number of carboxylic acids is 1. The molecular formula is C28H29FN2O5. The van der Waals surface area contributed by atoms with Gasteiger partial charge in [-0.3, -0.25) is 9.59 Å². The van der Waals surface area contributed by atoms with Gasteiger partial charge < -0.3 is 19.6 Å². The average molecular weight is 493 g/mol. The number of aliphatic carboxylic acids is 1. The first-order valence-electron chi connectivity index (χ1n) is 12.4. The first-order valence-corrected chi connectivity index (χ1v) is 12.4. The zero-order valence-electron chi connectivity index (χ0n) is 19.9. The molecule has 2 aromatic carbocycles. The van der Waals surface area contributed by atoms with Crippen LogP contribution < -0.4 is 5.32 Å². The Kier molecular flexibility index (Phi) is 7.13. The van der Waals surface area contributed by atoms with Crippen LogP contribution in [0.25, 0.3) is 0 Å². The standard InChI is InChI=1S/C28H29FN2O5/c29-20-8-5-17(6-9-20)13-14-30-27(34)22-16-35-28(31-22)26-21(23-10-11-24(26)36-23)15-19-4-2-1-3-18(19)7-12-25(32)33/h1-6,8-9,16,21,23-24,26H,7,10-15H2,(H,30,34)(H,32,33)/t21-,23-,24+,26-/m1/s1. The van der Waals surface area contributed by atoms with E-state index in [1.54, 1.807) is 12.1 Å². The van der Waals surface area contributed by atoms with Crippen molar-refractivity contribution in [3.05, 3.63) is 88.9 Å². The fourth-order valence-electron chi connectivity index (χ4n) is 5.48. The van der Waals surface area contributed by atoms with Crippen molar-refractivity contribution in [3.8, 4) is 0 Å². The molecule has 2 aliphatic rings. The van der Waals surface area contributed by atoms with Crippen LogP contribution in [-0.2, 0) is 28.8 Å². The second kappa shape index (κ2) is 10.6. The molecule has 0 aliphatic carbocycles. The largest absolute Gasteiger partial charge is 0.481 e. The highest BCUT2D eigenvalue weighted by atomic mass is 19.1. The summed E-state index contributed by atoms with van der Waals surface area (Å²) in [4.78, 5) is 28.3. The fourth-order valence-corrected chi connectivity index (χ4v) is 5.48. The lowest BCUT2D eigenvalue weighted by molar-refractivity contribution is -0.136. The Labute approximate surface area is 208 Å². The van der Waals surface area contributed by atoms with Crippen molar-refractivity contribution in [3.63, 3.8) is 0 Å². The van der Waals surface area contributed by atoms with Crippen LogP contribution in [0.4, 0.5) is 4.39 Å². The van der Waals surface area contributed by atoms with E-state index in [4.69, 9.17) is 14.3 Å². The molecule has 2 fully saturated rings. The van der Waals surface area contributed by atoms with Crippen molar-refractivity contribution in [1.82, 2.24) is 10.3 Å². The molecule has 2 bridgehead atoms. The molecule has 188 valence electrons. The van der Waals surface area contributed by atoms with Crippen LogP contribution in [-0.4, -0.2) is 40.7 Å². The maximum Gasteiger partial charge on any atom is 0.303 e. The second-order valence-electron chi connectivity index (χ2n) is 9.55. The van der Waals surface area contributed by atoms with Gasteiger partial charge in [-0.15, -0.1) is 0 Å². The summed E-state index contributed by atoms with van der Waals surface area (Å²) in [6.07, 6.45) is 5.28. The summed E-state index contributed by atoms with van der Waals surface area (Å²) in [5.74, 6) is -0.816. The third-order valence-electron chi connectivity index (χ3n) is 7.26. The van der Waals surface area contributed by atoms with E-state index in [2.05, 4.69) is 16.4 Å². The maximum atomic E-state index is 13.1. The van der Waals surface area contributed by atoms with Gasteiger partial charge >= 0.3 is 5.97 Å². The first-order chi connectivity index (χ1) is 17.5. The van der Waals surface area contributed by atoms with Gasteiger partial charge in [0.2, 0.25) is 5.89 Å². The summed E-state index contributed by atoms with van der Waals surface area (Å²) in [6, 6.07) is 14.2. The number of carboxylic acid groups (broad SMARTS) is 1. The van der Waals surface area contributed by atoms with E-state index in [0.717, 1.165) is 36.0 Å². The van der Waals surface area contributed by atoms with Gasteiger partial charge in [-0.05, 0) is 60.9 Å². The molecule has 0 unspecified atom stereocenters. The van der Waals surface area contributed by atoms with E-state index in [1.165, 1.54) is 18.4 Å². The van der Waals surface area contributed by atoms with E-state index < -0.39 is 5.97 Å². The molecule has 0 radical (unpaired) electrons. The number of carbonyl (C=O) groups excluding carboxylic acids is 1. The normalized spacial score (nSPS) is 22.6. The highest BCUT2D eigenvalue weighted by molar-refractivity contribution is 5.91. The number of nitrogens with zero attached hydrogens (tertiary/aromatic N) is 1. The zero-order valence-corrected chi connectivity index (χ0v) is 19.9. The van der Waals surface area contributed by atoms with Gasteiger partial charge in [-0.2, -0.15) is 0 Å². The van der Waals surface area contributed by atoms with Gasteiger partial charge in [0.05, 0.1) is 18.1 Å². The van der Waals surface area contributed by atoms with E-state index >= 15 is 0 Å². The molecule has 4 atom stereocenters. The molecule has 8 heteroatoms. The highest BCUT2D eigenvalue weighted by Gasteiger charge is 2.51. The summed E-state index contributed by atoms with van der Waals surface area (Å²) >= 11 is 0. The molecule has 5 rings (SSSR count). The van der Waals surface area contributed by atoms with Crippen molar-refractivity contribution in [2.45, 2.75) is 56.7 Å². The number of halogens is 1. The third-order valence-corrected chi connectivity index (χ3v) is 7.26. The SMILES string of the molecule is O=C(O)CCc1ccccc1C[C@H]1[C@@H](c2nc(C(=O)NCCc3ccc(F)cc3)co2)[C@@H]2CC[C@H]1O2. The number of hydrogen-bond acceptors (Lipinski definition) is 5. The van der Waals surface area contributed by atoms with Crippen LogP contribution >= 0.6 is 0 Å². The lowest BCUT2D eigenvalue weighted by atomic mass is 9.75. The number of ether oxygens (including phenoxy) is 1. The Morgan fingerprint density at radius 2 is 1.78 bits per heavy atom. The molecule has 3 aromatic rings. The highest BCUT2D eigenvalue weighted by Crippen LogP contribution is 2.50. The lowest BCUT2D eigenvalue weighted by Crippen LogP contribution is -2.28. The molecular weight excluding hydrogens is 463 g/mol. The summed E-state index contributed by atoms with van der Waals surface area (Å²) in [5.41, 5.74) is 3.32. The monoisotopic (exact) mass is 492 g/mol. The number of carbonyl (C=O) groups is 2. The van der Waals surface area contributed by atoms with Crippen LogP contribution in [0.1, 0.15) is 58.2 Å². The third kappa shape index (κ3) is 5.33. The predicted octanol–water partition coefficient (Wildman–Crippen LogP) is 4.31. The minimum atomic E-state index is -0.811. The van der Waals surface area contributed by atoms with Crippen molar-refractivity contribution in [2.75, 3.05) is 6.54 Å². The van der Waals surface area contributed by atoms with Gasteiger partial charge in [-0.25, -0.2) is 9.37 Å². The maximum absolute atomic E-state index is 13.1. The van der Waals surface area contributed by atoms with Gasteiger partial charge in [-0.1, -0.05) is 36.4 Å². The second-order valence-corrected chi connectivity index (χ2v) is 9.55. The Balaban J connectivity index is 1.25. The molecule has 2 aliphatic heterocycles. The Morgan fingerprint density at radius 1 is 1.03 bits per heavy atom. The van der Waals surface area contributed by atoms with E-state index in [1.807, 2.05) is 18.2 Å². The van der Waals surface area contributed by atoms with Gasteiger partial charge in [0.25, 0.3) is 5.91 Å². The van der Waals surface area contributed by atoms with Crippen LogP contribution in [0.3, 0.4) is 0 Å². The Morgan fingerprint density at radius 3 is 2.56 bits per heavy atom. The lowest BCUT2D eigenvalue weighted by Gasteiger charge is -2.26. The number of nitrogens with one attached hydrogen (secondary N) is 1. The number of amides is 1. The number of aryl methyl sites for hydroxylation is 1. The molecule has 36 heavy (non-hydrogen) atoms. The van der Waals surface area contributed by atoms with Crippen LogP contribution in [0.5, 0.6) is 0 Å². The summed E-state index contributed by atoms with van der Waals surface area (Å²) in [7, 11) is 0. The molecule has 1 amide bonds. The molecule has 7 nitrogen and oxygen atoms in total.